The molecule has 0 amide bonds. The molecule has 0 aromatic carbocycles. The van der Waals surface area contributed by atoms with Crippen LogP contribution in [0.4, 0.5) is 0 Å². The Morgan fingerprint density at radius 2 is 2.22 bits per heavy atom. The van der Waals surface area contributed by atoms with Crippen LogP contribution in [-0.2, 0) is 19.8 Å². The van der Waals surface area contributed by atoms with E-state index in [-0.39, 0.29) is 6.61 Å². The summed E-state index contributed by atoms with van der Waals surface area (Å²) in [5.41, 5.74) is 0. The van der Waals surface area contributed by atoms with Gasteiger partial charge in [-0.2, -0.15) is 4.21 Å². The fraction of sp³-hybridized carbons (Fsp3) is 1.00. The zero-order valence-electron chi connectivity index (χ0n) is 4.58. The molecule has 0 heterocycles. The maximum atomic E-state index is 9.78. The van der Waals surface area contributed by atoms with Crippen LogP contribution in [0, 0.1) is 0 Å². The quantitative estimate of drug-likeness (QED) is 0.493. The van der Waals surface area contributed by atoms with E-state index in [2.05, 4.69) is 8.47 Å². The molecule has 0 rings (SSSR count). The lowest BCUT2D eigenvalue weighted by Crippen LogP contribution is -1.99. The Kier molecular flexibility index (Phi) is 6.67. The SMILES string of the molecule is O=S(O)OCCCOCl. The summed E-state index contributed by atoms with van der Waals surface area (Å²) < 4.78 is 26.2. The molecule has 1 atom stereocenters. The van der Waals surface area contributed by atoms with E-state index >= 15 is 0 Å². The zero-order valence-corrected chi connectivity index (χ0v) is 6.15. The largest absolute Gasteiger partial charge is 0.301 e. The van der Waals surface area contributed by atoms with Gasteiger partial charge in [-0.05, 0) is 6.42 Å². The first kappa shape index (κ1) is 9.32. The van der Waals surface area contributed by atoms with Gasteiger partial charge >= 0.3 is 11.4 Å². The van der Waals surface area contributed by atoms with Crippen molar-refractivity contribution in [1.29, 1.82) is 0 Å². The molecule has 0 radical (unpaired) electrons. The number of halogens is 1. The van der Waals surface area contributed by atoms with Gasteiger partial charge in [0.2, 0.25) is 0 Å². The van der Waals surface area contributed by atoms with E-state index in [4.69, 9.17) is 16.4 Å². The highest BCUT2D eigenvalue weighted by atomic mass is 35.5. The average molecular weight is 175 g/mol. The molecule has 0 saturated heterocycles. The molecule has 0 spiro atoms. The fourth-order valence-corrected chi connectivity index (χ4v) is 0.613. The Hall–Kier alpha value is 0.320. The highest BCUT2D eigenvalue weighted by molar-refractivity contribution is 7.74. The van der Waals surface area contributed by atoms with Crippen LogP contribution in [0.15, 0.2) is 0 Å². The Balaban J connectivity index is 2.83. The summed E-state index contributed by atoms with van der Waals surface area (Å²) in [5, 5.41) is 0. The topological polar surface area (TPSA) is 55.8 Å². The van der Waals surface area contributed by atoms with Gasteiger partial charge in [0.15, 0.2) is 0 Å². The van der Waals surface area contributed by atoms with Gasteiger partial charge in [-0.15, -0.1) is 0 Å². The van der Waals surface area contributed by atoms with E-state index in [0.29, 0.717) is 13.0 Å². The van der Waals surface area contributed by atoms with Crippen LogP contribution in [0.25, 0.3) is 0 Å². The Bertz CT molecular complexity index is 87.9. The van der Waals surface area contributed by atoms with Gasteiger partial charge in [-0.25, -0.2) is 0 Å². The zero-order chi connectivity index (χ0) is 7.11. The molecular weight excluding hydrogens is 168 g/mol. The summed E-state index contributed by atoms with van der Waals surface area (Å²) >= 11 is 2.66. The molecule has 1 unspecified atom stereocenters. The number of hydrogen-bond donors (Lipinski definition) is 1. The molecule has 0 aromatic rings. The molecule has 0 aliphatic heterocycles. The lowest BCUT2D eigenvalue weighted by atomic mass is 10.5. The predicted octanol–water partition coefficient (Wildman–Crippen LogP) is 0.700. The van der Waals surface area contributed by atoms with E-state index in [0.717, 1.165) is 0 Å². The fourth-order valence-electron chi connectivity index (χ4n) is 0.244. The van der Waals surface area contributed by atoms with E-state index < -0.39 is 11.4 Å². The van der Waals surface area contributed by atoms with Crippen molar-refractivity contribution in [2.45, 2.75) is 6.42 Å². The van der Waals surface area contributed by atoms with E-state index in [1.54, 1.807) is 0 Å². The highest BCUT2D eigenvalue weighted by Crippen LogP contribution is 1.88. The van der Waals surface area contributed by atoms with Crippen molar-refractivity contribution < 1.29 is 17.2 Å². The summed E-state index contributed by atoms with van der Waals surface area (Å²) in [6.45, 7) is 0.495. The van der Waals surface area contributed by atoms with E-state index in [1.807, 2.05) is 0 Å². The molecule has 6 heteroatoms. The molecule has 0 fully saturated rings. The van der Waals surface area contributed by atoms with Crippen LogP contribution in [0.2, 0.25) is 0 Å². The van der Waals surface area contributed by atoms with Crippen LogP contribution in [0.1, 0.15) is 6.42 Å². The predicted molar refractivity (Wildman–Crippen MR) is 33.1 cm³/mol. The van der Waals surface area contributed by atoms with Crippen LogP contribution in [0.3, 0.4) is 0 Å². The Morgan fingerprint density at radius 1 is 1.56 bits per heavy atom. The molecule has 0 aliphatic rings. The minimum atomic E-state index is -2.17. The number of rotatable bonds is 5. The summed E-state index contributed by atoms with van der Waals surface area (Å²) in [6, 6.07) is 0. The third-order valence-corrected chi connectivity index (χ3v) is 1.07. The first-order valence-electron chi connectivity index (χ1n) is 2.25. The van der Waals surface area contributed by atoms with Crippen LogP contribution in [0.5, 0.6) is 0 Å². The minimum absolute atomic E-state index is 0.176. The Labute approximate surface area is 60.8 Å². The second-order valence-corrected chi connectivity index (χ2v) is 2.09. The van der Waals surface area contributed by atoms with Gasteiger partial charge in [0.1, 0.15) is 0 Å². The van der Waals surface area contributed by atoms with Gasteiger partial charge in [0, 0.05) is 0 Å². The van der Waals surface area contributed by atoms with Gasteiger partial charge in [0.05, 0.1) is 25.1 Å². The highest BCUT2D eigenvalue weighted by Gasteiger charge is 1.91. The van der Waals surface area contributed by atoms with Crippen molar-refractivity contribution in [3.05, 3.63) is 0 Å². The molecule has 1 N–H and O–H groups in total. The van der Waals surface area contributed by atoms with Crippen LogP contribution in [-0.4, -0.2) is 22.0 Å². The molecule has 0 bridgehead atoms. The third kappa shape index (κ3) is 8.32. The van der Waals surface area contributed by atoms with Gasteiger partial charge in [-0.3, -0.25) is 13.0 Å². The molecule has 9 heavy (non-hydrogen) atoms. The molecule has 0 aromatic heterocycles. The van der Waals surface area contributed by atoms with Gasteiger partial charge < -0.3 is 0 Å². The van der Waals surface area contributed by atoms with Crippen LogP contribution >= 0.6 is 11.9 Å². The molecular formula is C3H7ClO4S. The average Bonchev–Trinajstić information content (AvgIpc) is 1.80. The second kappa shape index (κ2) is 6.44. The Morgan fingerprint density at radius 3 is 2.67 bits per heavy atom. The molecule has 0 aliphatic carbocycles. The lowest BCUT2D eigenvalue weighted by molar-refractivity contribution is 0.258. The summed E-state index contributed by atoms with van der Waals surface area (Å²) in [4.78, 5) is 0. The molecule has 0 saturated carbocycles. The monoisotopic (exact) mass is 174 g/mol. The molecule has 56 valence electrons. The van der Waals surface area contributed by atoms with Crippen molar-refractivity contribution in [1.82, 2.24) is 0 Å². The maximum absolute atomic E-state index is 9.78. The first-order chi connectivity index (χ1) is 4.27. The summed E-state index contributed by atoms with van der Waals surface area (Å²) in [7, 11) is 0. The van der Waals surface area contributed by atoms with Crippen LogP contribution < -0.4 is 0 Å². The standard InChI is InChI=1S/C3H7ClO4S/c4-7-2-1-3-8-9(5)6/h1-3H2,(H,5,6). The normalized spacial score (nSPS) is 13.6. The first-order valence-corrected chi connectivity index (χ1v) is 3.59. The number of hydrogen-bond acceptors (Lipinski definition) is 3. The van der Waals surface area contributed by atoms with Crippen molar-refractivity contribution in [3.8, 4) is 0 Å². The lowest BCUT2D eigenvalue weighted by Gasteiger charge is -1.94. The third-order valence-electron chi connectivity index (χ3n) is 0.550. The van der Waals surface area contributed by atoms with Crippen molar-refractivity contribution >= 4 is 23.2 Å². The second-order valence-electron chi connectivity index (χ2n) is 1.21. The molecule has 4 nitrogen and oxygen atoms in total. The van der Waals surface area contributed by atoms with Gasteiger partial charge in [0.25, 0.3) is 0 Å². The van der Waals surface area contributed by atoms with Crippen molar-refractivity contribution in [3.63, 3.8) is 0 Å². The van der Waals surface area contributed by atoms with Crippen molar-refractivity contribution in [2.75, 3.05) is 13.2 Å². The van der Waals surface area contributed by atoms with Gasteiger partial charge in [-0.1, -0.05) is 0 Å². The van der Waals surface area contributed by atoms with E-state index in [9.17, 15) is 4.21 Å². The summed E-state index contributed by atoms with van der Waals surface area (Å²) in [6.07, 6.45) is 0.510. The van der Waals surface area contributed by atoms with E-state index in [1.165, 1.54) is 0 Å². The smallest absolute Gasteiger partial charge is 0.284 e. The maximum Gasteiger partial charge on any atom is 0.301 e. The summed E-state index contributed by atoms with van der Waals surface area (Å²) in [5.74, 6) is 0. The minimum Gasteiger partial charge on any atom is -0.284 e. The van der Waals surface area contributed by atoms with Crippen molar-refractivity contribution in [2.24, 2.45) is 0 Å².